The van der Waals surface area contributed by atoms with Crippen molar-refractivity contribution in [3.05, 3.63) is 115 Å². The quantitative estimate of drug-likeness (QED) is 0.144. The fourth-order valence-corrected chi connectivity index (χ4v) is 6.79. The van der Waals surface area contributed by atoms with Crippen LogP contribution in [0.1, 0.15) is 61.8 Å². The standard InChI is InChI=1S/C23H26N4O2.C14H9ClN2.C9H18N2O2.CH4/c1-23(2,3)29-22(28)25-19-11-13-27(15-19)21-24-12-10-20(26-21)18-9-8-16-6-4-5-7-17(16)14-18;15-14-16-8-7-13(17-14)12-6-5-10-3-1-2-4-11(10)9-12;1-9(2,3)13-8(12)11-7-4-5-10-6-7;/h4-10,12,14,19H,11,13,15H2,1-3H3,(H,25,28);1-9H;7,10H,4-6H2,1-3H3,(H,11,12);1H4/t19-;;7-;/m0.0./s1. The summed E-state index contributed by atoms with van der Waals surface area (Å²) in [6.07, 6.45) is 4.58. The van der Waals surface area contributed by atoms with Gasteiger partial charge in [0.2, 0.25) is 11.2 Å². The van der Waals surface area contributed by atoms with Crippen LogP contribution in [0.4, 0.5) is 15.5 Å². The van der Waals surface area contributed by atoms with Crippen LogP contribution in [0.15, 0.2) is 109 Å². The van der Waals surface area contributed by atoms with E-state index in [1.807, 2.05) is 84.0 Å². The van der Waals surface area contributed by atoms with Crippen molar-refractivity contribution in [2.75, 3.05) is 31.1 Å². The first-order valence-electron chi connectivity index (χ1n) is 19.9. The van der Waals surface area contributed by atoms with Crippen LogP contribution in [0.2, 0.25) is 5.28 Å². The highest BCUT2D eigenvalue weighted by Crippen LogP contribution is 2.26. The van der Waals surface area contributed by atoms with Crippen LogP contribution in [-0.4, -0.2) is 81.6 Å². The number of alkyl carbamates (subject to hydrolysis) is 2. The van der Waals surface area contributed by atoms with E-state index in [2.05, 4.69) is 90.4 Å². The summed E-state index contributed by atoms with van der Waals surface area (Å²) in [5, 5.41) is 14.0. The van der Waals surface area contributed by atoms with Crippen molar-refractivity contribution < 1.29 is 19.1 Å². The first-order valence-corrected chi connectivity index (χ1v) is 20.3. The first kappa shape index (κ1) is 45.2. The number of nitrogens with zero attached hydrogens (tertiary/aromatic N) is 5. The molecule has 8 rings (SSSR count). The maximum absolute atomic E-state index is 12.0. The fraction of sp³-hybridized carbons (Fsp3) is 0.362. The lowest BCUT2D eigenvalue weighted by Gasteiger charge is -2.22. The van der Waals surface area contributed by atoms with Gasteiger partial charge < -0.3 is 30.3 Å². The van der Waals surface area contributed by atoms with Crippen molar-refractivity contribution in [2.45, 2.75) is 85.1 Å². The summed E-state index contributed by atoms with van der Waals surface area (Å²) in [5.41, 5.74) is 2.94. The predicted octanol–water partition coefficient (Wildman–Crippen LogP) is 9.86. The van der Waals surface area contributed by atoms with Gasteiger partial charge in [-0.3, -0.25) is 0 Å². The number of anilines is 1. The van der Waals surface area contributed by atoms with Crippen LogP contribution in [0, 0.1) is 0 Å². The largest absolute Gasteiger partial charge is 0.444 e. The van der Waals surface area contributed by atoms with E-state index in [9.17, 15) is 9.59 Å². The number of halogens is 1. The Hall–Kier alpha value is -5.85. The van der Waals surface area contributed by atoms with Crippen molar-refractivity contribution in [3.63, 3.8) is 0 Å². The Morgan fingerprint density at radius 3 is 1.72 bits per heavy atom. The maximum Gasteiger partial charge on any atom is 0.407 e. The molecule has 2 amide bonds. The molecule has 0 radical (unpaired) electrons. The molecule has 2 fully saturated rings. The summed E-state index contributed by atoms with van der Waals surface area (Å²) in [4.78, 5) is 42.7. The lowest BCUT2D eigenvalue weighted by molar-refractivity contribution is 0.0497. The van der Waals surface area contributed by atoms with E-state index in [1.165, 1.54) is 21.5 Å². The predicted molar refractivity (Wildman–Crippen MR) is 242 cm³/mol. The van der Waals surface area contributed by atoms with Crippen LogP contribution in [0.5, 0.6) is 0 Å². The highest BCUT2D eigenvalue weighted by molar-refractivity contribution is 6.28. The molecule has 316 valence electrons. The van der Waals surface area contributed by atoms with Gasteiger partial charge in [-0.25, -0.2) is 29.5 Å². The van der Waals surface area contributed by atoms with Crippen LogP contribution in [-0.2, 0) is 9.47 Å². The number of nitrogens with one attached hydrogen (secondary N) is 3. The van der Waals surface area contributed by atoms with Crippen molar-refractivity contribution in [3.8, 4) is 22.5 Å². The van der Waals surface area contributed by atoms with E-state index < -0.39 is 11.2 Å². The van der Waals surface area contributed by atoms with Gasteiger partial charge >= 0.3 is 12.2 Å². The summed E-state index contributed by atoms with van der Waals surface area (Å²) >= 11 is 5.79. The molecule has 0 unspecified atom stereocenters. The number of benzene rings is 4. The third kappa shape index (κ3) is 13.6. The number of aromatic nitrogens is 4. The monoisotopic (exact) mass is 832 g/mol. The highest BCUT2D eigenvalue weighted by Gasteiger charge is 2.28. The highest BCUT2D eigenvalue weighted by atomic mass is 35.5. The molecule has 4 aromatic carbocycles. The van der Waals surface area contributed by atoms with Gasteiger partial charge in [-0.1, -0.05) is 80.2 Å². The van der Waals surface area contributed by atoms with Gasteiger partial charge in [0.25, 0.3) is 0 Å². The Bertz CT molecular complexity index is 2360. The summed E-state index contributed by atoms with van der Waals surface area (Å²) in [7, 11) is 0. The summed E-state index contributed by atoms with van der Waals surface area (Å²) in [6, 6.07) is 33.2. The summed E-state index contributed by atoms with van der Waals surface area (Å²) in [6.45, 7) is 14.4. The number of hydrogen-bond donors (Lipinski definition) is 3. The van der Waals surface area contributed by atoms with Gasteiger partial charge in [0, 0.05) is 49.2 Å². The normalized spacial score (nSPS) is 16.1. The molecule has 4 heterocycles. The van der Waals surface area contributed by atoms with Gasteiger partial charge in [-0.05, 0) is 118 Å². The number of fused-ring (bicyclic) bond motifs is 2. The number of amides is 2. The van der Waals surface area contributed by atoms with Crippen molar-refractivity contribution in [1.82, 2.24) is 35.9 Å². The molecular formula is C47H57ClN8O4. The molecule has 2 aliphatic rings. The van der Waals surface area contributed by atoms with Gasteiger partial charge in [-0.15, -0.1) is 0 Å². The van der Waals surface area contributed by atoms with Crippen LogP contribution in [0.25, 0.3) is 44.1 Å². The average Bonchev–Trinajstić information content (AvgIpc) is 3.89. The van der Waals surface area contributed by atoms with Crippen molar-refractivity contribution in [2.24, 2.45) is 0 Å². The number of ether oxygens (including phenoxy) is 2. The minimum Gasteiger partial charge on any atom is -0.444 e. The number of rotatable bonds is 5. The third-order valence-electron chi connectivity index (χ3n) is 9.33. The van der Waals surface area contributed by atoms with Gasteiger partial charge in [0.15, 0.2) is 0 Å². The molecule has 2 atom stereocenters. The van der Waals surface area contributed by atoms with Gasteiger partial charge in [0.05, 0.1) is 17.4 Å². The molecule has 0 bridgehead atoms. The molecule has 0 spiro atoms. The van der Waals surface area contributed by atoms with Gasteiger partial charge in [-0.2, -0.15) is 0 Å². The second-order valence-electron chi connectivity index (χ2n) is 16.5. The summed E-state index contributed by atoms with van der Waals surface area (Å²) < 4.78 is 10.5. The lowest BCUT2D eigenvalue weighted by atomic mass is 10.1. The Balaban J connectivity index is 0.000000187. The molecule has 12 nitrogen and oxygen atoms in total. The molecule has 0 saturated carbocycles. The van der Waals surface area contributed by atoms with Crippen LogP contribution in [0.3, 0.4) is 0 Å². The smallest absolute Gasteiger partial charge is 0.407 e. The topological polar surface area (TPSA) is 143 Å². The van der Waals surface area contributed by atoms with Crippen molar-refractivity contribution >= 4 is 51.3 Å². The number of carbonyl (C=O) groups is 2. The molecule has 3 N–H and O–H groups in total. The third-order valence-corrected chi connectivity index (χ3v) is 9.51. The molecule has 2 aliphatic heterocycles. The Kier molecular flexibility index (Phi) is 15.4. The van der Waals surface area contributed by atoms with Gasteiger partial charge in [0.1, 0.15) is 11.2 Å². The zero-order valence-corrected chi connectivity index (χ0v) is 35.3. The molecule has 2 saturated heterocycles. The number of carbonyl (C=O) groups excluding carboxylic acids is 2. The zero-order valence-electron chi connectivity index (χ0n) is 34.5. The Morgan fingerprint density at radius 2 is 1.20 bits per heavy atom. The van der Waals surface area contributed by atoms with E-state index >= 15 is 0 Å². The van der Waals surface area contributed by atoms with E-state index in [0.717, 1.165) is 55.0 Å². The Labute approximate surface area is 358 Å². The Morgan fingerprint density at radius 1 is 0.683 bits per heavy atom. The fourth-order valence-electron chi connectivity index (χ4n) is 6.64. The SMILES string of the molecule is C.CC(C)(C)OC(=O)N[C@H]1CCN(c2nccc(-c3ccc4ccccc4c3)n2)C1.CC(C)(C)OC(=O)N[C@H]1CCNC1.Clc1nccc(-c2ccc3ccccc3c2)n1. The molecule has 13 heteroatoms. The minimum absolute atomic E-state index is 0. The minimum atomic E-state index is -0.500. The molecular weight excluding hydrogens is 776 g/mol. The second-order valence-corrected chi connectivity index (χ2v) is 16.8. The van der Waals surface area contributed by atoms with Crippen molar-refractivity contribution in [1.29, 1.82) is 0 Å². The van der Waals surface area contributed by atoms with E-state index in [0.29, 0.717) is 12.5 Å². The zero-order chi connectivity index (χ0) is 42.0. The summed E-state index contributed by atoms with van der Waals surface area (Å²) in [5.74, 6) is 0.684. The molecule has 2 aromatic heterocycles. The maximum atomic E-state index is 12.0. The van der Waals surface area contributed by atoms with Crippen LogP contribution >= 0.6 is 11.6 Å². The lowest BCUT2D eigenvalue weighted by Crippen LogP contribution is -2.40. The van der Waals surface area contributed by atoms with E-state index in [-0.39, 0.29) is 37.0 Å². The van der Waals surface area contributed by atoms with E-state index in [1.54, 1.807) is 12.4 Å². The van der Waals surface area contributed by atoms with E-state index in [4.69, 9.17) is 26.1 Å². The molecule has 60 heavy (non-hydrogen) atoms. The number of hydrogen-bond acceptors (Lipinski definition) is 10. The average molecular weight is 833 g/mol. The molecule has 0 aliphatic carbocycles. The second kappa shape index (κ2) is 20.4. The first-order chi connectivity index (χ1) is 28.2. The van der Waals surface area contributed by atoms with Crippen LogP contribution < -0.4 is 20.9 Å². The molecule has 6 aromatic rings.